The molecule has 4 aliphatic carbocycles. The molecule has 2 amide bonds. The quantitative estimate of drug-likeness (QED) is 0.286. The molecule has 4 aliphatic rings. The number of carbonyl (C=O) groups is 2. The third kappa shape index (κ3) is 5.38. The highest BCUT2D eigenvalue weighted by Gasteiger charge is 2.52. The van der Waals surface area contributed by atoms with E-state index in [1.807, 2.05) is 0 Å². The minimum absolute atomic E-state index is 0.101. The summed E-state index contributed by atoms with van der Waals surface area (Å²) in [6.45, 7) is 22.4. The van der Waals surface area contributed by atoms with Crippen LogP contribution < -0.4 is 10.6 Å². The summed E-state index contributed by atoms with van der Waals surface area (Å²) in [4.78, 5) is 27.0. The molecular weight excluding hydrogens is 472 g/mol. The fraction of sp³-hybridized carbons (Fsp3) is 0.818. The van der Waals surface area contributed by atoms with E-state index in [0.29, 0.717) is 23.7 Å². The van der Waals surface area contributed by atoms with Crippen LogP contribution in [0.3, 0.4) is 0 Å². The number of amides is 2. The molecule has 38 heavy (non-hydrogen) atoms. The standard InChI is InChI=1S/C33H54N2O3/c1-19(2)23-13-17-32(7)15-9-11-21(5)25(32)27(23)34-30(37)29(36)31(38)35-28-24(20(3)4)14-18-33(8)16-10-12-22(6)26(28)33/h19-20,23-29,36H,5-6,9-18H2,1-4,7-8H3,(H,34,37)(H,35,38)/t23-,24-,25+,26+,27-,28-,32+,33+/m0/s1. The first kappa shape index (κ1) is 29.4. The first-order chi connectivity index (χ1) is 17.8. The summed E-state index contributed by atoms with van der Waals surface area (Å²) in [5.74, 6) is 0.641. The van der Waals surface area contributed by atoms with E-state index >= 15 is 0 Å². The van der Waals surface area contributed by atoms with Crippen LogP contribution in [0, 0.1) is 46.3 Å². The van der Waals surface area contributed by atoms with Crippen LogP contribution in [-0.2, 0) is 9.59 Å². The summed E-state index contributed by atoms with van der Waals surface area (Å²) in [7, 11) is 0. The van der Waals surface area contributed by atoms with Crippen molar-refractivity contribution in [3.63, 3.8) is 0 Å². The van der Waals surface area contributed by atoms with E-state index in [2.05, 4.69) is 65.3 Å². The average molecular weight is 527 g/mol. The third-order valence-electron chi connectivity index (χ3n) is 11.4. The van der Waals surface area contributed by atoms with Gasteiger partial charge in [0.05, 0.1) is 0 Å². The van der Waals surface area contributed by atoms with Crippen LogP contribution in [0.25, 0.3) is 0 Å². The molecule has 0 aromatic rings. The molecular formula is C33H54N2O3. The van der Waals surface area contributed by atoms with Gasteiger partial charge >= 0.3 is 0 Å². The SMILES string of the molecule is C=C1CCC[C@]2(C)CC[C@@H](C(C)C)[C@H](NC(=O)C(O)C(=O)N[C@@H]3[C@H]4C(=C)CCC[C@]4(C)CC[C@H]3C(C)C)[C@@H]12. The first-order valence-corrected chi connectivity index (χ1v) is 15.4. The number of hydrogen-bond donors (Lipinski definition) is 3. The van der Waals surface area contributed by atoms with E-state index in [0.717, 1.165) is 64.2 Å². The van der Waals surface area contributed by atoms with Gasteiger partial charge in [-0.05, 0) is 98.7 Å². The Balaban J connectivity index is 1.52. The van der Waals surface area contributed by atoms with Gasteiger partial charge in [0.25, 0.3) is 11.8 Å². The lowest BCUT2D eigenvalue weighted by Gasteiger charge is -2.54. The molecule has 0 aliphatic heterocycles. The van der Waals surface area contributed by atoms with Crippen molar-refractivity contribution < 1.29 is 14.7 Å². The highest BCUT2D eigenvalue weighted by molar-refractivity contribution is 6.03. The van der Waals surface area contributed by atoms with Crippen LogP contribution in [-0.4, -0.2) is 35.1 Å². The van der Waals surface area contributed by atoms with Crippen molar-refractivity contribution in [2.24, 2.45) is 46.3 Å². The van der Waals surface area contributed by atoms with Gasteiger partial charge in [-0.3, -0.25) is 9.59 Å². The second kappa shape index (κ2) is 11.1. The van der Waals surface area contributed by atoms with E-state index < -0.39 is 17.9 Å². The van der Waals surface area contributed by atoms with Crippen LogP contribution in [0.1, 0.15) is 106 Å². The molecule has 3 N–H and O–H groups in total. The topological polar surface area (TPSA) is 78.4 Å². The van der Waals surface area contributed by atoms with Gasteiger partial charge in [0.1, 0.15) is 0 Å². The molecule has 0 heterocycles. The van der Waals surface area contributed by atoms with Crippen molar-refractivity contribution in [2.75, 3.05) is 0 Å². The molecule has 214 valence electrons. The number of aliphatic hydroxyl groups is 1. The molecule has 0 saturated heterocycles. The van der Waals surface area contributed by atoms with Crippen LogP contribution in [0.5, 0.6) is 0 Å². The molecule has 0 unspecified atom stereocenters. The minimum Gasteiger partial charge on any atom is -0.375 e. The van der Waals surface area contributed by atoms with Gasteiger partial charge in [0, 0.05) is 23.9 Å². The summed E-state index contributed by atoms with van der Waals surface area (Å²) in [6.07, 6.45) is 9.20. The zero-order valence-corrected chi connectivity index (χ0v) is 24.9. The lowest BCUT2D eigenvalue weighted by Crippen LogP contribution is -2.61. The smallest absolute Gasteiger partial charge is 0.258 e. The normalized spacial score (nSPS) is 39.6. The fourth-order valence-corrected chi connectivity index (χ4v) is 9.31. The zero-order valence-electron chi connectivity index (χ0n) is 24.9. The maximum atomic E-state index is 13.5. The van der Waals surface area contributed by atoms with E-state index in [-0.39, 0.29) is 34.7 Å². The molecule has 0 aromatic carbocycles. The first-order valence-electron chi connectivity index (χ1n) is 15.4. The average Bonchev–Trinajstić information content (AvgIpc) is 2.82. The zero-order chi connectivity index (χ0) is 28.0. The minimum atomic E-state index is -1.72. The molecule has 0 aromatic heterocycles. The molecule has 5 heteroatoms. The van der Waals surface area contributed by atoms with E-state index in [9.17, 15) is 14.7 Å². The van der Waals surface area contributed by atoms with Crippen LogP contribution in [0.4, 0.5) is 0 Å². The summed E-state index contributed by atoms with van der Waals surface area (Å²) in [6, 6.07) is -0.202. The summed E-state index contributed by atoms with van der Waals surface area (Å²) < 4.78 is 0. The molecule has 4 fully saturated rings. The molecule has 8 atom stereocenters. The third-order valence-corrected chi connectivity index (χ3v) is 11.4. The lowest BCUT2D eigenvalue weighted by molar-refractivity contribution is -0.144. The lowest BCUT2D eigenvalue weighted by atomic mass is 9.53. The second-order valence-corrected chi connectivity index (χ2v) is 14.7. The van der Waals surface area contributed by atoms with Crippen molar-refractivity contribution in [3.8, 4) is 0 Å². The molecule has 0 radical (unpaired) electrons. The molecule has 0 bridgehead atoms. The Bertz CT molecular complexity index is 867. The molecule has 4 rings (SSSR count). The van der Waals surface area contributed by atoms with Crippen molar-refractivity contribution in [2.45, 2.75) is 124 Å². The Kier molecular flexibility index (Phi) is 8.58. The van der Waals surface area contributed by atoms with E-state index in [1.54, 1.807) is 0 Å². The van der Waals surface area contributed by atoms with Crippen LogP contribution >= 0.6 is 0 Å². The van der Waals surface area contributed by atoms with Gasteiger partial charge in [-0.25, -0.2) is 0 Å². The maximum absolute atomic E-state index is 13.5. The Hall–Kier alpha value is -1.62. The van der Waals surface area contributed by atoms with Crippen molar-refractivity contribution in [3.05, 3.63) is 24.3 Å². The van der Waals surface area contributed by atoms with Gasteiger partial charge < -0.3 is 15.7 Å². The highest BCUT2D eigenvalue weighted by atomic mass is 16.3. The Morgan fingerprint density at radius 2 is 1.13 bits per heavy atom. The number of carbonyl (C=O) groups excluding carboxylic acids is 2. The maximum Gasteiger partial charge on any atom is 0.258 e. The van der Waals surface area contributed by atoms with Crippen LogP contribution in [0.15, 0.2) is 24.3 Å². The molecule has 4 saturated carbocycles. The Morgan fingerprint density at radius 3 is 1.47 bits per heavy atom. The molecule has 5 nitrogen and oxygen atoms in total. The summed E-state index contributed by atoms with van der Waals surface area (Å²) in [5, 5.41) is 17.5. The predicted octanol–water partition coefficient (Wildman–Crippen LogP) is 6.17. The number of aliphatic hydroxyl groups excluding tert-OH is 1. The van der Waals surface area contributed by atoms with Crippen molar-refractivity contribution in [1.29, 1.82) is 0 Å². The number of fused-ring (bicyclic) bond motifs is 2. The fourth-order valence-electron chi connectivity index (χ4n) is 9.31. The van der Waals surface area contributed by atoms with E-state index in [1.165, 1.54) is 11.1 Å². The van der Waals surface area contributed by atoms with Gasteiger partial charge in [-0.15, -0.1) is 0 Å². The summed E-state index contributed by atoms with van der Waals surface area (Å²) >= 11 is 0. The van der Waals surface area contributed by atoms with Crippen molar-refractivity contribution in [1.82, 2.24) is 10.6 Å². The van der Waals surface area contributed by atoms with Gasteiger partial charge in [0.15, 0.2) is 0 Å². The van der Waals surface area contributed by atoms with Gasteiger partial charge in [-0.2, -0.15) is 0 Å². The summed E-state index contributed by atoms with van der Waals surface area (Å²) in [5.41, 5.74) is 2.66. The number of rotatable bonds is 6. The van der Waals surface area contributed by atoms with Crippen LogP contribution in [0.2, 0.25) is 0 Å². The predicted molar refractivity (Wildman–Crippen MR) is 154 cm³/mol. The Morgan fingerprint density at radius 1 is 0.763 bits per heavy atom. The van der Waals surface area contributed by atoms with E-state index in [4.69, 9.17) is 0 Å². The monoisotopic (exact) mass is 526 g/mol. The van der Waals surface area contributed by atoms with Gasteiger partial charge in [-0.1, -0.05) is 65.8 Å². The largest absolute Gasteiger partial charge is 0.375 e. The number of hydrogen-bond acceptors (Lipinski definition) is 3. The second-order valence-electron chi connectivity index (χ2n) is 14.7. The molecule has 0 spiro atoms. The Labute approximate surface area is 231 Å². The van der Waals surface area contributed by atoms with Crippen molar-refractivity contribution >= 4 is 11.8 Å². The van der Waals surface area contributed by atoms with Gasteiger partial charge in [0.2, 0.25) is 6.10 Å². The highest BCUT2D eigenvalue weighted by Crippen LogP contribution is 2.55. The number of nitrogens with one attached hydrogen (secondary N) is 2.